The Morgan fingerprint density at radius 3 is 2.68 bits per heavy atom. The summed E-state index contributed by atoms with van der Waals surface area (Å²) < 4.78 is 13.7. The molecule has 1 amide bonds. The molecule has 120 valence electrons. The highest BCUT2D eigenvalue weighted by Gasteiger charge is 2.38. The fraction of sp³-hybridized carbons (Fsp3) is 0.611. The predicted molar refractivity (Wildman–Crippen MR) is 85.0 cm³/mol. The van der Waals surface area contributed by atoms with Gasteiger partial charge in [-0.2, -0.15) is 0 Å². The van der Waals surface area contributed by atoms with Crippen LogP contribution >= 0.6 is 0 Å². The van der Waals surface area contributed by atoms with Crippen LogP contribution in [0, 0.1) is 17.2 Å². The summed E-state index contributed by atoms with van der Waals surface area (Å²) in [6, 6.07) is 6.75. The zero-order chi connectivity index (χ0) is 15.6. The van der Waals surface area contributed by atoms with Crippen LogP contribution in [0.1, 0.15) is 31.7 Å². The van der Waals surface area contributed by atoms with Crippen molar-refractivity contribution in [2.24, 2.45) is 11.3 Å². The van der Waals surface area contributed by atoms with E-state index in [1.54, 1.807) is 12.1 Å². The molecule has 3 rings (SSSR count). The molecule has 4 heteroatoms. The number of hydrogen-bond acceptors (Lipinski definition) is 2. The number of piperidine rings is 1. The molecule has 2 fully saturated rings. The van der Waals surface area contributed by atoms with Gasteiger partial charge >= 0.3 is 0 Å². The third-order valence-electron chi connectivity index (χ3n) is 5.37. The summed E-state index contributed by atoms with van der Waals surface area (Å²) in [5.74, 6) is -0.200. The van der Waals surface area contributed by atoms with E-state index in [1.165, 1.54) is 12.5 Å². The second-order valence-electron chi connectivity index (χ2n) is 6.95. The van der Waals surface area contributed by atoms with Crippen molar-refractivity contribution >= 4 is 5.91 Å². The van der Waals surface area contributed by atoms with Crippen LogP contribution in [0.4, 0.5) is 4.39 Å². The SMILES string of the molecule is CC(Cc1ccccc1F)C(=O)N1CCC2(CCNC2)CC1. The van der Waals surface area contributed by atoms with Crippen LogP contribution in [0.5, 0.6) is 0 Å². The van der Waals surface area contributed by atoms with E-state index in [-0.39, 0.29) is 17.6 Å². The summed E-state index contributed by atoms with van der Waals surface area (Å²) in [4.78, 5) is 14.6. The van der Waals surface area contributed by atoms with Gasteiger partial charge in [0.1, 0.15) is 5.82 Å². The topological polar surface area (TPSA) is 32.3 Å². The molecule has 1 N–H and O–H groups in total. The van der Waals surface area contributed by atoms with Gasteiger partial charge in [0.15, 0.2) is 0 Å². The Morgan fingerprint density at radius 2 is 2.05 bits per heavy atom. The molecule has 1 spiro atoms. The molecule has 2 aliphatic rings. The smallest absolute Gasteiger partial charge is 0.225 e. The molecule has 3 nitrogen and oxygen atoms in total. The van der Waals surface area contributed by atoms with Crippen LogP contribution in [0.15, 0.2) is 24.3 Å². The number of rotatable bonds is 3. The van der Waals surface area contributed by atoms with Crippen molar-refractivity contribution in [2.45, 2.75) is 32.6 Å². The van der Waals surface area contributed by atoms with Crippen LogP contribution in [0.3, 0.4) is 0 Å². The molecule has 0 radical (unpaired) electrons. The first-order valence-corrected chi connectivity index (χ1v) is 8.33. The summed E-state index contributed by atoms with van der Waals surface area (Å²) in [5, 5.41) is 3.44. The molecule has 0 aliphatic carbocycles. The highest BCUT2D eigenvalue weighted by Crippen LogP contribution is 2.37. The van der Waals surface area contributed by atoms with Crippen LogP contribution in [0.2, 0.25) is 0 Å². The predicted octanol–water partition coefficient (Wildman–Crippen LogP) is 2.61. The zero-order valence-electron chi connectivity index (χ0n) is 13.3. The van der Waals surface area contributed by atoms with Crippen LogP contribution < -0.4 is 5.32 Å². The monoisotopic (exact) mass is 304 g/mol. The summed E-state index contributed by atoms with van der Waals surface area (Å²) >= 11 is 0. The number of halogens is 1. The molecule has 1 atom stereocenters. The molecule has 22 heavy (non-hydrogen) atoms. The van der Waals surface area contributed by atoms with E-state index in [9.17, 15) is 9.18 Å². The minimum Gasteiger partial charge on any atom is -0.342 e. The molecule has 1 aromatic rings. The number of hydrogen-bond donors (Lipinski definition) is 1. The lowest BCUT2D eigenvalue weighted by Crippen LogP contribution is -2.46. The van der Waals surface area contributed by atoms with Gasteiger partial charge in [0.05, 0.1) is 0 Å². The second-order valence-corrected chi connectivity index (χ2v) is 6.95. The fourth-order valence-corrected chi connectivity index (χ4v) is 3.82. The first kappa shape index (κ1) is 15.5. The Kier molecular flexibility index (Phi) is 4.48. The van der Waals surface area contributed by atoms with E-state index in [1.807, 2.05) is 17.9 Å². The number of benzene rings is 1. The summed E-state index contributed by atoms with van der Waals surface area (Å²) in [6.45, 7) is 5.82. The quantitative estimate of drug-likeness (QED) is 0.931. The minimum absolute atomic E-state index is 0.160. The number of carbonyl (C=O) groups excluding carboxylic acids is 1. The molecule has 2 heterocycles. The lowest BCUT2D eigenvalue weighted by Gasteiger charge is -2.39. The van der Waals surface area contributed by atoms with Gasteiger partial charge in [0, 0.05) is 25.6 Å². The van der Waals surface area contributed by atoms with Gasteiger partial charge < -0.3 is 10.2 Å². The third-order valence-corrected chi connectivity index (χ3v) is 5.37. The Balaban J connectivity index is 1.56. The highest BCUT2D eigenvalue weighted by atomic mass is 19.1. The van der Waals surface area contributed by atoms with E-state index < -0.39 is 0 Å². The first-order valence-electron chi connectivity index (χ1n) is 8.33. The maximum atomic E-state index is 13.7. The normalized spacial score (nSPS) is 22.0. The van der Waals surface area contributed by atoms with Crippen molar-refractivity contribution in [3.8, 4) is 0 Å². The molecule has 2 aliphatic heterocycles. The molecular weight excluding hydrogens is 279 g/mol. The van der Waals surface area contributed by atoms with E-state index in [2.05, 4.69) is 5.32 Å². The van der Waals surface area contributed by atoms with Crippen molar-refractivity contribution in [1.82, 2.24) is 10.2 Å². The zero-order valence-corrected chi connectivity index (χ0v) is 13.3. The van der Waals surface area contributed by atoms with Gasteiger partial charge in [-0.3, -0.25) is 4.79 Å². The molecule has 1 unspecified atom stereocenters. The van der Waals surface area contributed by atoms with Crippen LogP contribution in [-0.2, 0) is 11.2 Å². The van der Waals surface area contributed by atoms with Gasteiger partial charge in [-0.15, -0.1) is 0 Å². The van der Waals surface area contributed by atoms with Crippen molar-refractivity contribution in [3.63, 3.8) is 0 Å². The Bertz CT molecular complexity index is 530. The van der Waals surface area contributed by atoms with E-state index in [4.69, 9.17) is 0 Å². The van der Waals surface area contributed by atoms with Gasteiger partial charge in [-0.25, -0.2) is 4.39 Å². The second kappa shape index (κ2) is 6.37. The number of carbonyl (C=O) groups is 1. The van der Waals surface area contributed by atoms with Gasteiger partial charge in [-0.1, -0.05) is 25.1 Å². The standard InChI is InChI=1S/C18H25FN2O/c1-14(12-15-4-2-3-5-16(15)19)17(22)21-10-7-18(8-11-21)6-9-20-13-18/h2-5,14,20H,6-13H2,1H3. The summed E-state index contributed by atoms with van der Waals surface area (Å²) in [6.07, 6.45) is 3.91. The van der Waals surface area contributed by atoms with E-state index >= 15 is 0 Å². The minimum atomic E-state index is -0.211. The van der Waals surface area contributed by atoms with Gasteiger partial charge in [-0.05, 0) is 49.3 Å². The number of nitrogens with zero attached hydrogens (tertiary/aromatic N) is 1. The maximum absolute atomic E-state index is 13.7. The fourth-order valence-electron chi connectivity index (χ4n) is 3.82. The maximum Gasteiger partial charge on any atom is 0.225 e. The molecular formula is C18H25FN2O. The van der Waals surface area contributed by atoms with E-state index in [0.29, 0.717) is 17.4 Å². The van der Waals surface area contributed by atoms with Gasteiger partial charge in [0.25, 0.3) is 0 Å². The van der Waals surface area contributed by atoms with Crippen LogP contribution in [-0.4, -0.2) is 37.0 Å². The Morgan fingerprint density at radius 1 is 1.32 bits per heavy atom. The third kappa shape index (κ3) is 3.17. The first-order chi connectivity index (χ1) is 10.6. The summed E-state index contributed by atoms with van der Waals surface area (Å²) in [7, 11) is 0. The average Bonchev–Trinajstić information content (AvgIpc) is 2.98. The van der Waals surface area contributed by atoms with Crippen molar-refractivity contribution in [3.05, 3.63) is 35.6 Å². The van der Waals surface area contributed by atoms with E-state index in [0.717, 1.165) is 39.0 Å². The molecule has 0 bridgehead atoms. The number of amides is 1. The number of likely N-dealkylation sites (tertiary alicyclic amines) is 1. The van der Waals surface area contributed by atoms with Gasteiger partial charge in [0.2, 0.25) is 5.91 Å². The lowest BCUT2D eigenvalue weighted by molar-refractivity contribution is -0.137. The van der Waals surface area contributed by atoms with Crippen LogP contribution in [0.25, 0.3) is 0 Å². The lowest BCUT2D eigenvalue weighted by atomic mass is 9.77. The van der Waals surface area contributed by atoms with Crippen molar-refractivity contribution in [2.75, 3.05) is 26.2 Å². The molecule has 2 saturated heterocycles. The number of nitrogens with one attached hydrogen (secondary N) is 1. The Hall–Kier alpha value is -1.42. The summed E-state index contributed by atoms with van der Waals surface area (Å²) in [5.41, 5.74) is 1.06. The highest BCUT2D eigenvalue weighted by molar-refractivity contribution is 5.79. The van der Waals surface area contributed by atoms with Crippen molar-refractivity contribution < 1.29 is 9.18 Å². The Labute approximate surface area is 131 Å². The molecule has 1 aromatic carbocycles. The largest absolute Gasteiger partial charge is 0.342 e. The molecule has 0 aromatic heterocycles. The van der Waals surface area contributed by atoms with Crippen molar-refractivity contribution in [1.29, 1.82) is 0 Å². The molecule has 0 saturated carbocycles. The average molecular weight is 304 g/mol.